The maximum atomic E-state index is 14.6. The van der Waals surface area contributed by atoms with Crippen LogP contribution in [0.5, 0.6) is 0 Å². The van der Waals surface area contributed by atoms with Gasteiger partial charge in [-0.15, -0.1) is 0 Å². The van der Waals surface area contributed by atoms with Crippen molar-refractivity contribution in [3.05, 3.63) is 0 Å². The molecule has 0 unspecified atom stereocenters. The van der Waals surface area contributed by atoms with Gasteiger partial charge in [0, 0.05) is 32.1 Å². The minimum Gasteiger partial charge on any atom is -0.354 e. The van der Waals surface area contributed by atoms with Crippen LogP contribution in [0.15, 0.2) is 0 Å². The molecule has 1 aliphatic heterocycles. The molecule has 0 aromatic heterocycles. The molecule has 4 aliphatic carbocycles. The average molecular weight is 1200 g/mol. The van der Waals surface area contributed by atoms with Crippen molar-refractivity contribution in [2.24, 2.45) is 40.9 Å². The van der Waals surface area contributed by atoms with E-state index in [-0.39, 0.29) is 73.7 Å². The fourth-order valence-corrected chi connectivity index (χ4v) is 13.5. The van der Waals surface area contributed by atoms with E-state index in [1.54, 1.807) is 4.90 Å². The molecule has 1 heterocycles. The van der Waals surface area contributed by atoms with E-state index in [9.17, 15) is 47.9 Å². The fourth-order valence-electron chi connectivity index (χ4n) is 13.5. The Bertz CT molecular complexity index is 2280. The van der Waals surface area contributed by atoms with Crippen LogP contribution in [-0.2, 0) is 47.9 Å². The number of nitrogens with one attached hydrogen (secondary N) is 9. The van der Waals surface area contributed by atoms with Crippen molar-refractivity contribution in [1.82, 2.24) is 57.7 Å². The lowest BCUT2D eigenvalue weighted by Crippen LogP contribution is -2.65. The summed E-state index contributed by atoms with van der Waals surface area (Å²) in [4.78, 5) is 144. The summed E-state index contributed by atoms with van der Waals surface area (Å²) >= 11 is 0. The molecule has 10 amide bonds. The molecule has 5 rings (SSSR count). The van der Waals surface area contributed by atoms with Crippen LogP contribution in [0.1, 0.15) is 219 Å². The van der Waals surface area contributed by atoms with Crippen molar-refractivity contribution < 1.29 is 47.9 Å². The second kappa shape index (κ2) is 32.1. The minimum absolute atomic E-state index is 0.0327. The van der Waals surface area contributed by atoms with Gasteiger partial charge >= 0.3 is 0 Å². The van der Waals surface area contributed by atoms with E-state index in [2.05, 4.69) is 54.8 Å². The number of carbonyl (C=O) groups is 10. The summed E-state index contributed by atoms with van der Waals surface area (Å²) in [5.41, 5.74) is -5.04. The molecule has 0 spiro atoms. The summed E-state index contributed by atoms with van der Waals surface area (Å²) in [5, 5.41) is 25.5. The number of nitrogens with zero attached hydrogens (tertiary/aromatic N) is 2. The normalized spacial score (nSPS) is 22.0. The van der Waals surface area contributed by atoms with Crippen molar-refractivity contribution in [2.45, 2.75) is 272 Å². The first-order valence-corrected chi connectivity index (χ1v) is 32.3. The van der Waals surface area contributed by atoms with E-state index in [0.29, 0.717) is 56.5 Å². The first-order chi connectivity index (χ1) is 39.6. The monoisotopic (exact) mass is 1200 g/mol. The van der Waals surface area contributed by atoms with Gasteiger partial charge in [0.1, 0.15) is 46.8 Å². The third-order valence-corrected chi connectivity index (χ3v) is 17.5. The maximum Gasteiger partial charge on any atom is 0.246 e. The number of likely N-dealkylation sites (N-methyl/N-ethyl adjacent to an activating group) is 1. The van der Waals surface area contributed by atoms with Crippen LogP contribution in [-0.4, -0.2) is 155 Å². The molecule has 4 saturated carbocycles. The first kappa shape index (κ1) is 72.1. The maximum absolute atomic E-state index is 14.6. The minimum atomic E-state index is -1.62. The van der Waals surface area contributed by atoms with E-state index in [4.69, 9.17) is 0 Å². The van der Waals surface area contributed by atoms with Gasteiger partial charge in [-0.3, -0.25) is 47.9 Å². The molecule has 1 saturated heterocycles. The van der Waals surface area contributed by atoms with Crippen LogP contribution in [0.2, 0.25) is 0 Å². The quantitative estimate of drug-likeness (QED) is 0.0368. The van der Waals surface area contributed by atoms with Crippen molar-refractivity contribution >= 4 is 59.1 Å². The van der Waals surface area contributed by atoms with E-state index >= 15 is 0 Å². The van der Waals surface area contributed by atoms with Crippen LogP contribution in [0.3, 0.4) is 0 Å². The topological polar surface area (TPSA) is 285 Å². The average Bonchev–Trinajstić information content (AvgIpc) is 1.82. The second-order valence-electron chi connectivity index (χ2n) is 29.1. The Morgan fingerprint density at radius 1 is 0.541 bits per heavy atom. The smallest absolute Gasteiger partial charge is 0.246 e. The van der Waals surface area contributed by atoms with Gasteiger partial charge in [0.2, 0.25) is 59.1 Å². The molecule has 9 N–H and O–H groups in total. The summed E-state index contributed by atoms with van der Waals surface area (Å²) in [5.74, 6) is -3.44. The predicted octanol–water partition coefficient (Wildman–Crippen LogP) is 5.28. The molecule has 5 aliphatic rings. The van der Waals surface area contributed by atoms with E-state index in [0.717, 1.165) is 51.4 Å². The van der Waals surface area contributed by atoms with Gasteiger partial charge in [0.15, 0.2) is 0 Å². The molecule has 6 atom stereocenters. The summed E-state index contributed by atoms with van der Waals surface area (Å²) in [6.45, 7) is 25.5. The van der Waals surface area contributed by atoms with Crippen molar-refractivity contribution in [2.75, 3.05) is 33.7 Å². The van der Waals surface area contributed by atoms with Crippen molar-refractivity contribution in [1.29, 1.82) is 0 Å². The lowest BCUT2D eigenvalue weighted by molar-refractivity contribution is -0.160. The fraction of sp³-hybridized carbons (Fsp3) is 0.844. The number of likely N-dealkylation sites (tertiary alicyclic amines) is 1. The van der Waals surface area contributed by atoms with Gasteiger partial charge in [-0.2, -0.15) is 0 Å². The SMILES string of the molecule is CCCCCCCC[C@H](NC(=O)[C@@H]1CCCN1C(=O)C12CC3CC(CC(C3)C1)C2)C(=O)N[C@@H](CC(C)C)C(=O)NC(C)(C)C(=O)N[C@@H](CC(C)C)C(=O)N[C@@H](CC(C)C)C(=O)NC(C)(C)C(=O)NC(C)(C)C(=O)NCCC(=O)N[C@@H](C)CN(C)C. The van der Waals surface area contributed by atoms with Crippen LogP contribution in [0, 0.1) is 40.9 Å². The van der Waals surface area contributed by atoms with Crippen LogP contribution in [0.4, 0.5) is 0 Å². The zero-order valence-electron chi connectivity index (χ0n) is 55.0. The Morgan fingerprint density at radius 2 is 1.00 bits per heavy atom. The lowest BCUT2D eigenvalue weighted by atomic mass is 9.49. The number of rotatable bonds is 35. The Balaban J connectivity index is 1.42. The third-order valence-electron chi connectivity index (χ3n) is 17.5. The van der Waals surface area contributed by atoms with E-state index < -0.39 is 93.6 Å². The van der Waals surface area contributed by atoms with Gasteiger partial charge < -0.3 is 57.7 Å². The Kier molecular flexibility index (Phi) is 27.2. The summed E-state index contributed by atoms with van der Waals surface area (Å²) in [6.07, 6.45) is 14.2. The molecule has 21 nitrogen and oxygen atoms in total. The molecule has 21 heteroatoms. The number of unbranched alkanes of at least 4 members (excludes halogenated alkanes) is 5. The lowest BCUT2D eigenvalue weighted by Gasteiger charge is -2.56. The van der Waals surface area contributed by atoms with Crippen LogP contribution < -0.4 is 47.9 Å². The molecule has 0 aromatic rings. The number of hydrogen-bond donors (Lipinski definition) is 9. The van der Waals surface area contributed by atoms with Gasteiger partial charge in [-0.1, -0.05) is 87.0 Å². The standard InChI is InChI=1S/C64H113N11O10/c1-17-18-19-20-21-22-24-46(67-56(81)50-25-23-28-75(50)60(85)64-35-43-32-44(36-64)34-45(33-43)37-64)52(77)68-48(30-40(4)5)54(79)71-62(11,12)58(83)70-47(29-39(2)3)53(78)69-49(31-41(6)7)55(80)72-63(13,14)59(84)73-61(9,10)57(82)65-27-26-51(76)66-42(8)38-74(15)16/h39-50H,17-38H2,1-16H3,(H,65,82)(H,66,76)(H,67,81)(H,68,77)(H,69,78)(H,70,83)(H,71,79)(H,72,80)(H,73,84)/t42-,43?,44?,45?,46-,47-,48-,49-,50-,64?/m0/s1. The van der Waals surface area contributed by atoms with Crippen LogP contribution in [0.25, 0.3) is 0 Å². The zero-order chi connectivity index (χ0) is 63.8. The summed E-state index contributed by atoms with van der Waals surface area (Å²) in [7, 11) is 3.80. The number of hydrogen-bond acceptors (Lipinski definition) is 11. The zero-order valence-corrected chi connectivity index (χ0v) is 55.0. The van der Waals surface area contributed by atoms with Gasteiger partial charge in [-0.05, 0) is 175 Å². The second-order valence-corrected chi connectivity index (χ2v) is 29.1. The van der Waals surface area contributed by atoms with E-state index in [1.165, 1.54) is 60.8 Å². The summed E-state index contributed by atoms with van der Waals surface area (Å²) in [6, 6.07) is -5.15. The molecule has 484 valence electrons. The highest BCUT2D eigenvalue weighted by molar-refractivity contribution is 6.00. The van der Waals surface area contributed by atoms with Gasteiger partial charge in [0.25, 0.3) is 0 Å². The van der Waals surface area contributed by atoms with E-state index in [1.807, 2.05) is 67.5 Å². The predicted molar refractivity (Wildman–Crippen MR) is 330 cm³/mol. The molecule has 85 heavy (non-hydrogen) atoms. The highest BCUT2D eigenvalue weighted by atomic mass is 16.2. The molecule has 0 aromatic carbocycles. The molecule has 4 bridgehead atoms. The summed E-state index contributed by atoms with van der Waals surface area (Å²) < 4.78 is 0. The Morgan fingerprint density at radius 3 is 1.49 bits per heavy atom. The highest BCUT2D eigenvalue weighted by Gasteiger charge is 2.57. The molecular formula is C64H113N11O10. The Hall–Kier alpha value is -5.34. The number of carbonyl (C=O) groups excluding carboxylic acids is 10. The molecule has 5 fully saturated rings. The molecular weight excluding hydrogens is 1080 g/mol. The highest BCUT2D eigenvalue weighted by Crippen LogP contribution is 2.61. The third kappa shape index (κ3) is 22.1. The first-order valence-electron chi connectivity index (χ1n) is 32.3. The van der Waals surface area contributed by atoms with Gasteiger partial charge in [-0.25, -0.2) is 0 Å². The number of amides is 10. The van der Waals surface area contributed by atoms with Gasteiger partial charge in [0.05, 0.1) is 5.41 Å². The van der Waals surface area contributed by atoms with Crippen LogP contribution >= 0.6 is 0 Å². The largest absolute Gasteiger partial charge is 0.354 e. The van der Waals surface area contributed by atoms with Crippen molar-refractivity contribution in [3.63, 3.8) is 0 Å². The van der Waals surface area contributed by atoms with Crippen molar-refractivity contribution in [3.8, 4) is 0 Å². The Labute approximate surface area is 509 Å². The molecule has 0 radical (unpaired) electrons.